The molecule has 0 amide bonds. The van der Waals surface area contributed by atoms with Gasteiger partial charge in [0, 0.05) is 16.8 Å². The number of carbonyl (C=O) groups excluding carboxylic acids is 2. The summed E-state index contributed by atoms with van der Waals surface area (Å²) < 4.78 is 4.93. The Morgan fingerprint density at radius 1 is 1.41 bits per heavy atom. The third-order valence-electron chi connectivity index (χ3n) is 4.06. The Bertz CT molecular complexity index is 738. The van der Waals surface area contributed by atoms with Gasteiger partial charge in [-0.2, -0.15) is 0 Å². The second-order valence-electron chi connectivity index (χ2n) is 5.31. The molecule has 6 heteroatoms. The Morgan fingerprint density at radius 3 is 2.77 bits per heavy atom. The summed E-state index contributed by atoms with van der Waals surface area (Å²) in [5.74, 6) is -1.61. The maximum absolute atomic E-state index is 12.6. The lowest BCUT2D eigenvalue weighted by atomic mass is 9.85. The van der Waals surface area contributed by atoms with E-state index in [1.807, 2.05) is 0 Å². The molecule has 0 saturated carbocycles. The summed E-state index contributed by atoms with van der Waals surface area (Å²) in [4.78, 5) is 24.8. The quantitative estimate of drug-likeness (QED) is 0.551. The zero-order chi connectivity index (χ0) is 16.1. The first kappa shape index (κ1) is 14.5. The van der Waals surface area contributed by atoms with Crippen molar-refractivity contribution in [1.29, 1.82) is 0 Å². The van der Waals surface area contributed by atoms with Gasteiger partial charge in [-0.25, -0.2) is 4.79 Å². The van der Waals surface area contributed by atoms with E-state index in [9.17, 15) is 19.8 Å². The Balaban J connectivity index is 2.14. The minimum Gasteiger partial charge on any atom is -0.458 e. The number of fused-ring (bicyclic) bond motifs is 3. The number of hydrogen-bond acceptors (Lipinski definition) is 6. The minimum atomic E-state index is -2.40. The fraction of sp³-hybridized carbons (Fsp3) is 0.250. The third kappa shape index (κ3) is 1.51. The standard InChI is InChI=1S/C16H15NO5/c1-3-8-22-14(19)12-9(2)17-16(21)11-7-5-4-6-10(11)13(18)15(12,16)20/h3-7,17,20-21H,1,8H2,2H3/t15-,16+/m1/s1. The molecule has 22 heavy (non-hydrogen) atoms. The molecule has 0 unspecified atom stereocenters. The highest BCUT2D eigenvalue weighted by molar-refractivity contribution is 6.16. The molecule has 0 saturated heterocycles. The van der Waals surface area contributed by atoms with Gasteiger partial charge in [0.2, 0.25) is 17.1 Å². The molecular formula is C16H15NO5. The van der Waals surface area contributed by atoms with E-state index >= 15 is 0 Å². The van der Waals surface area contributed by atoms with E-state index in [0.717, 1.165) is 0 Å². The first-order chi connectivity index (χ1) is 10.4. The van der Waals surface area contributed by atoms with Gasteiger partial charge < -0.3 is 20.3 Å². The fourth-order valence-electron chi connectivity index (χ4n) is 3.12. The predicted molar refractivity (Wildman–Crippen MR) is 76.6 cm³/mol. The Labute approximate surface area is 126 Å². The second-order valence-corrected chi connectivity index (χ2v) is 5.31. The van der Waals surface area contributed by atoms with Crippen LogP contribution >= 0.6 is 0 Å². The van der Waals surface area contributed by atoms with Crippen molar-refractivity contribution in [2.24, 2.45) is 0 Å². The maximum atomic E-state index is 12.6. The average Bonchev–Trinajstić information content (AvgIpc) is 2.80. The molecule has 2 atom stereocenters. The Kier molecular flexibility index (Phi) is 2.98. The van der Waals surface area contributed by atoms with Crippen LogP contribution in [0.3, 0.4) is 0 Å². The van der Waals surface area contributed by atoms with Crippen LogP contribution in [0.4, 0.5) is 0 Å². The van der Waals surface area contributed by atoms with Crippen molar-refractivity contribution in [2.75, 3.05) is 6.61 Å². The predicted octanol–water partition coefficient (Wildman–Crippen LogP) is 0.366. The summed E-state index contributed by atoms with van der Waals surface area (Å²) in [5, 5.41) is 24.5. The summed E-state index contributed by atoms with van der Waals surface area (Å²) in [6, 6.07) is 6.29. The number of nitrogens with one attached hydrogen (secondary N) is 1. The lowest BCUT2D eigenvalue weighted by Crippen LogP contribution is -2.56. The van der Waals surface area contributed by atoms with E-state index in [1.54, 1.807) is 12.1 Å². The number of esters is 1. The van der Waals surface area contributed by atoms with Crippen LogP contribution in [0.2, 0.25) is 0 Å². The van der Waals surface area contributed by atoms with Crippen molar-refractivity contribution in [1.82, 2.24) is 5.32 Å². The highest BCUT2D eigenvalue weighted by Gasteiger charge is 2.70. The van der Waals surface area contributed by atoms with Crippen LogP contribution in [0, 0.1) is 0 Å². The van der Waals surface area contributed by atoms with Gasteiger partial charge in [0.05, 0.1) is 0 Å². The first-order valence-corrected chi connectivity index (χ1v) is 6.74. The summed E-state index contributed by atoms with van der Waals surface area (Å²) in [6.07, 6.45) is 1.37. The van der Waals surface area contributed by atoms with Crippen LogP contribution in [0.1, 0.15) is 22.8 Å². The van der Waals surface area contributed by atoms with Crippen molar-refractivity contribution < 1.29 is 24.5 Å². The molecule has 0 bridgehead atoms. The van der Waals surface area contributed by atoms with Crippen LogP contribution in [0.25, 0.3) is 0 Å². The van der Waals surface area contributed by atoms with Crippen molar-refractivity contribution in [3.63, 3.8) is 0 Å². The molecule has 114 valence electrons. The molecule has 1 aliphatic heterocycles. The van der Waals surface area contributed by atoms with Gasteiger partial charge in [0.15, 0.2) is 0 Å². The number of allylic oxidation sites excluding steroid dienone is 1. The van der Waals surface area contributed by atoms with Gasteiger partial charge in [-0.1, -0.05) is 36.9 Å². The molecule has 1 aromatic rings. The normalized spacial score (nSPS) is 29.0. The van der Waals surface area contributed by atoms with Crippen molar-refractivity contribution in [3.8, 4) is 0 Å². The fourth-order valence-corrected chi connectivity index (χ4v) is 3.12. The molecule has 3 N–H and O–H groups in total. The van der Waals surface area contributed by atoms with Crippen molar-refractivity contribution in [3.05, 3.63) is 59.3 Å². The number of Topliss-reactive ketones (excluding diaryl/α,β-unsaturated/α-hetero) is 1. The molecule has 0 aromatic heterocycles. The van der Waals surface area contributed by atoms with Gasteiger partial charge in [0.1, 0.15) is 12.2 Å². The van der Waals surface area contributed by atoms with E-state index in [0.29, 0.717) is 0 Å². The molecule has 1 aromatic carbocycles. The third-order valence-corrected chi connectivity index (χ3v) is 4.06. The molecular weight excluding hydrogens is 286 g/mol. The number of hydrogen-bond donors (Lipinski definition) is 3. The summed E-state index contributed by atoms with van der Waals surface area (Å²) in [7, 11) is 0. The van der Waals surface area contributed by atoms with Gasteiger partial charge in [-0.05, 0) is 6.92 Å². The average molecular weight is 301 g/mol. The number of ether oxygens (including phenoxy) is 1. The first-order valence-electron chi connectivity index (χ1n) is 6.74. The number of carbonyl (C=O) groups is 2. The largest absolute Gasteiger partial charge is 0.458 e. The zero-order valence-corrected chi connectivity index (χ0v) is 11.9. The second kappa shape index (κ2) is 4.53. The van der Waals surface area contributed by atoms with Crippen LogP contribution < -0.4 is 5.32 Å². The molecule has 1 heterocycles. The van der Waals surface area contributed by atoms with Crippen molar-refractivity contribution >= 4 is 11.8 Å². The highest BCUT2D eigenvalue weighted by Crippen LogP contribution is 2.51. The van der Waals surface area contributed by atoms with E-state index in [2.05, 4.69) is 11.9 Å². The Morgan fingerprint density at radius 2 is 2.09 bits per heavy atom. The lowest BCUT2D eigenvalue weighted by molar-refractivity contribution is -0.145. The molecule has 3 rings (SSSR count). The van der Waals surface area contributed by atoms with Crippen LogP contribution in [-0.4, -0.2) is 34.2 Å². The topological polar surface area (TPSA) is 95.9 Å². The van der Waals surface area contributed by atoms with Gasteiger partial charge in [-0.15, -0.1) is 0 Å². The van der Waals surface area contributed by atoms with Gasteiger partial charge >= 0.3 is 5.97 Å². The van der Waals surface area contributed by atoms with Gasteiger partial charge in [0.25, 0.3) is 0 Å². The molecule has 6 nitrogen and oxygen atoms in total. The lowest BCUT2D eigenvalue weighted by Gasteiger charge is -2.31. The summed E-state index contributed by atoms with van der Waals surface area (Å²) in [6.45, 7) is 4.87. The molecule has 0 radical (unpaired) electrons. The SMILES string of the molecule is C=CCOC(=O)C1=C(C)N[C@]2(O)c3ccccc3C(=O)[C@]12O. The van der Waals surface area contributed by atoms with E-state index in [1.165, 1.54) is 25.1 Å². The number of rotatable bonds is 3. The van der Waals surface area contributed by atoms with Crippen molar-refractivity contribution in [2.45, 2.75) is 18.2 Å². The molecule has 2 aliphatic rings. The highest BCUT2D eigenvalue weighted by atomic mass is 16.5. The van der Waals surface area contributed by atoms with E-state index in [-0.39, 0.29) is 29.0 Å². The number of aliphatic hydroxyl groups is 2. The Hall–Kier alpha value is -2.44. The smallest absolute Gasteiger partial charge is 0.339 e. The number of ketones is 1. The molecule has 0 fully saturated rings. The van der Waals surface area contributed by atoms with E-state index in [4.69, 9.17) is 4.74 Å². The maximum Gasteiger partial charge on any atom is 0.339 e. The van der Waals surface area contributed by atoms with Crippen LogP contribution in [-0.2, 0) is 15.3 Å². The number of benzene rings is 1. The molecule has 0 spiro atoms. The molecule has 1 aliphatic carbocycles. The summed E-state index contributed by atoms with van der Waals surface area (Å²) >= 11 is 0. The van der Waals surface area contributed by atoms with E-state index < -0.39 is 23.1 Å². The van der Waals surface area contributed by atoms with Gasteiger partial charge in [-0.3, -0.25) is 4.79 Å². The monoisotopic (exact) mass is 301 g/mol. The zero-order valence-electron chi connectivity index (χ0n) is 11.9. The van der Waals surface area contributed by atoms with Crippen LogP contribution in [0.15, 0.2) is 48.2 Å². The minimum absolute atomic E-state index is 0.0642. The summed E-state index contributed by atoms with van der Waals surface area (Å²) in [5.41, 5.74) is -4.17. The van der Waals surface area contributed by atoms with Crippen LogP contribution in [0.5, 0.6) is 0 Å².